The van der Waals surface area contributed by atoms with Crippen LogP contribution in [0.1, 0.15) is 24.1 Å². The summed E-state index contributed by atoms with van der Waals surface area (Å²) in [5.41, 5.74) is 5.44. The standard InChI is InChI=1S/C21H21N5/c1-16(18-8-10-22-11-9-18)25(2)14-17-12-23-21-20(13-24-26(21)15-17)19-6-4-3-5-7-19/h3-13,15-16H,14H2,1-2H3/t16-/m0/s1. The Bertz CT molecular complexity index is 995. The molecule has 1 aromatic carbocycles. The molecule has 0 fully saturated rings. The third kappa shape index (κ3) is 3.21. The Morgan fingerprint density at radius 1 is 1.04 bits per heavy atom. The van der Waals surface area contributed by atoms with E-state index >= 15 is 0 Å². The molecule has 0 spiro atoms. The number of aromatic nitrogens is 4. The molecule has 0 amide bonds. The summed E-state index contributed by atoms with van der Waals surface area (Å²) < 4.78 is 1.86. The number of rotatable bonds is 5. The first-order chi connectivity index (χ1) is 12.7. The highest BCUT2D eigenvalue weighted by atomic mass is 15.2. The molecular formula is C21H21N5. The van der Waals surface area contributed by atoms with Gasteiger partial charge in [-0.25, -0.2) is 9.50 Å². The van der Waals surface area contributed by atoms with Crippen molar-refractivity contribution in [3.8, 4) is 11.1 Å². The molecule has 130 valence electrons. The van der Waals surface area contributed by atoms with Crippen LogP contribution in [0.25, 0.3) is 16.8 Å². The van der Waals surface area contributed by atoms with Gasteiger partial charge in [-0.1, -0.05) is 30.3 Å². The van der Waals surface area contributed by atoms with E-state index in [-0.39, 0.29) is 0 Å². The van der Waals surface area contributed by atoms with Crippen LogP contribution in [0.3, 0.4) is 0 Å². The first kappa shape index (κ1) is 16.4. The van der Waals surface area contributed by atoms with Gasteiger partial charge in [0.15, 0.2) is 5.65 Å². The van der Waals surface area contributed by atoms with Crippen LogP contribution >= 0.6 is 0 Å². The van der Waals surface area contributed by atoms with E-state index in [1.165, 1.54) is 5.56 Å². The predicted molar refractivity (Wildman–Crippen MR) is 103 cm³/mol. The van der Waals surface area contributed by atoms with Crippen LogP contribution in [0.5, 0.6) is 0 Å². The lowest BCUT2D eigenvalue weighted by atomic mass is 10.1. The normalized spacial score (nSPS) is 12.6. The van der Waals surface area contributed by atoms with Gasteiger partial charge in [0.1, 0.15) is 0 Å². The van der Waals surface area contributed by atoms with E-state index in [1.54, 1.807) is 0 Å². The zero-order chi connectivity index (χ0) is 17.9. The Hall–Kier alpha value is -3.05. The largest absolute Gasteiger partial charge is 0.295 e. The fourth-order valence-electron chi connectivity index (χ4n) is 3.14. The average Bonchev–Trinajstić information content (AvgIpc) is 3.12. The molecule has 4 aromatic rings. The molecule has 26 heavy (non-hydrogen) atoms. The summed E-state index contributed by atoms with van der Waals surface area (Å²) in [5, 5.41) is 4.49. The molecular weight excluding hydrogens is 322 g/mol. The number of nitrogens with zero attached hydrogens (tertiary/aromatic N) is 5. The molecule has 4 rings (SSSR count). The lowest BCUT2D eigenvalue weighted by Gasteiger charge is -2.24. The first-order valence-electron chi connectivity index (χ1n) is 8.70. The highest BCUT2D eigenvalue weighted by Gasteiger charge is 2.13. The van der Waals surface area contributed by atoms with Crippen LogP contribution in [0.4, 0.5) is 0 Å². The molecule has 0 bridgehead atoms. The lowest BCUT2D eigenvalue weighted by Crippen LogP contribution is -2.22. The summed E-state index contributed by atoms with van der Waals surface area (Å²) in [4.78, 5) is 11.1. The summed E-state index contributed by atoms with van der Waals surface area (Å²) in [7, 11) is 2.12. The van der Waals surface area contributed by atoms with Crippen molar-refractivity contribution < 1.29 is 0 Å². The Kier molecular flexibility index (Phi) is 4.46. The van der Waals surface area contributed by atoms with Crippen LogP contribution in [0, 0.1) is 0 Å². The van der Waals surface area contributed by atoms with Gasteiger partial charge in [-0.05, 0) is 37.2 Å². The molecule has 0 saturated heterocycles. The molecule has 0 saturated carbocycles. The molecule has 3 aromatic heterocycles. The van der Waals surface area contributed by atoms with E-state index < -0.39 is 0 Å². The van der Waals surface area contributed by atoms with E-state index in [9.17, 15) is 0 Å². The number of benzene rings is 1. The molecule has 0 aliphatic heterocycles. The zero-order valence-corrected chi connectivity index (χ0v) is 14.9. The number of pyridine rings is 1. The van der Waals surface area contributed by atoms with E-state index in [0.29, 0.717) is 6.04 Å². The van der Waals surface area contributed by atoms with Gasteiger partial charge in [0.05, 0.1) is 6.20 Å². The minimum atomic E-state index is 0.297. The second-order valence-electron chi connectivity index (χ2n) is 6.53. The van der Waals surface area contributed by atoms with Crippen molar-refractivity contribution in [2.45, 2.75) is 19.5 Å². The van der Waals surface area contributed by atoms with Crippen LogP contribution in [0.2, 0.25) is 0 Å². The molecule has 0 aliphatic carbocycles. The van der Waals surface area contributed by atoms with Gasteiger partial charge in [0.2, 0.25) is 0 Å². The fourth-order valence-corrected chi connectivity index (χ4v) is 3.14. The summed E-state index contributed by atoms with van der Waals surface area (Å²) in [6, 6.07) is 14.6. The summed E-state index contributed by atoms with van der Waals surface area (Å²) >= 11 is 0. The minimum absolute atomic E-state index is 0.297. The Morgan fingerprint density at radius 3 is 2.58 bits per heavy atom. The third-order valence-electron chi connectivity index (χ3n) is 4.78. The summed E-state index contributed by atoms with van der Waals surface area (Å²) in [6.07, 6.45) is 9.55. The minimum Gasteiger partial charge on any atom is -0.295 e. The zero-order valence-electron chi connectivity index (χ0n) is 14.9. The van der Waals surface area contributed by atoms with Gasteiger partial charge in [-0.3, -0.25) is 9.88 Å². The van der Waals surface area contributed by atoms with Crippen LogP contribution < -0.4 is 0 Å². The average molecular weight is 343 g/mol. The van der Waals surface area contributed by atoms with Crippen molar-refractivity contribution in [3.05, 3.63) is 84.6 Å². The van der Waals surface area contributed by atoms with E-state index in [2.05, 4.69) is 64.4 Å². The number of hydrogen-bond acceptors (Lipinski definition) is 4. The van der Waals surface area contributed by atoms with Crippen LogP contribution in [-0.4, -0.2) is 31.5 Å². The molecule has 0 radical (unpaired) electrons. The molecule has 0 N–H and O–H groups in total. The van der Waals surface area contributed by atoms with Crippen molar-refractivity contribution in [3.63, 3.8) is 0 Å². The fraction of sp³-hybridized carbons (Fsp3) is 0.190. The number of fused-ring (bicyclic) bond motifs is 1. The predicted octanol–water partition coefficient (Wildman–Crippen LogP) is 3.98. The molecule has 5 nitrogen and oxygen atoms in total. The van der Waals surface area contributed by atoms with E-state index in [0.717, 1.165) is 28.9 Å². The van der Waals surface area contributed by atoms with E-state index in [1.807, 2.05) is 47.5 Å². The van der Waals surface area contributed by atoms with Crippen molar-refractivity contribution >= 4 is 5.65 Å². The first-order valence-corrected chi connectivity index (χ1v) is 8.70. The Labute approximate surface area is 153 Å². The molecule has 1 atom stereocenters. The third-order valence-corrected chi connectivity index (χ3v) is 4.78. The maximum Gasteiger partial charge on any atom is 0.162 e. The number of hydrogen-bond donors (Lipinski definition) is 0. The van der Waals surface area contributed by atoms with Crippen molar-refractivity contribution in [1.82, 2.24) is 24.5 Å². The van der Waals surface area contributed by atoms with Gasteiger partial charge < -0.3 is 0 Å². The second kappa shape index (κ2) is 7.06. The van der Waals surface area contributed by atoms with E-state index in [4.69, 9.17) is 0 Å². The van der Waals surface area contributed by atoms with Gasteiger partial charge in [0, 0.05) is 48.5 Å². The highest BCUT2D eigenvalue weighted by molar-refractivity contribution is 5.76. The maximum atomic E-state index is 4.67. The monoisotopic (exact) mass is 343 g/mol. The topological polar surface area (TPSA) is 46.3 Å². The van der Waals surface area contributed by atoms with Crippen LogP contribution in [-0.2, 0) is 6.54 Å². The summed E-state index contributed by atoms with van der Waals surface area (Å²) in [6.45, 7) is 3.00. The van der Waals surface area contributed by atoms with Crippen molar-refractivity contribution in [2.75, 3.05) is 7.05 Å². The molecule has 5 heteroatoms. The highest BCUT2D eigenvalue weighted by Crippen LogP contribution is 2.24. The van der Waals surface area contributed by atoms with Crippen molar-refractivity contribution in [1.29, 1.82) is 0 Å². The Morgan fingerprint density at radius 2 is 1.81 bits per heavy atom. The molecule has 3 heterocycles. The Balaban J connectivity index is 1.57. The lowest BCUT2D eigenvalue weighted by molar-refractivity contribution is 0.252. The van der Waals surface area contributed by atoms with Crippen molar-refractivity contribution in [2.24, 2.45) is 0 Å². The second-order valence-corrected chi connectivity index (χ2v) is 6.53. The smallest absolute Gasteiger partial charge is 0.162 e. The van der Waals surface area contributed by atoms with Gasteiger partial charge in [-0.2, -0.15) is 5.10 Å². The molecule has 0 unspecified atom stereocenters. The van der Waals surface area contributed by atoms with Crippen LogP contribution in [0.15, 0.2) is 73.4 Å². The molecule has 0 aliphatic rings. The quantitative estimate of drug-likeness (QED) is 0.550. The van der Waals surface area contributed by atoms with Gasteiger partial charge >= 0.3 is 0 Å². The maximum absolute atomic E-state index is 4.67. The summed E-state index contributed by atoms with van der Waals surface area (Å²) in [5.74, 6) is 0. The van der Waals surface area contributed by atoms with Gasteiger partial charge in [0.25, 0.3) is 0 Å². The van der Waals surface area contributed by atoms with Gasteiger partial charge in [-0.15, -0.1) is 0 Å². The SMILES string of the molecule is C[C@@H](c1ccncc1)N(C)Cc1cnc2c(-c3ccccc3)cnn2c1.